The Labute approximate surface area is 131 Å². The Morgan fingerprint density at radius 1 is 1.09 bits per heavy atom. The normalized spacial score (nSPS) is 19.9. The number of methoxy groups -OCH3 is 1. The average Bonchev–Trinajstić information content (AvgIpc) is 2.43. The van der Waals surface area contributed by atoms with Crippen LogP contribution >= 0.6 is 0 Å². The number of rotatable bonds is 3. The molecule has 0 radical (unpaired) electrons. The first kappa shape index (κ1) is 16.5. The van der Waals surface area contributed by atoms with Crippen LogP contribution in [-0.4, -0.2) is 24.2 Å². The molecule has 1 aliphatic rings. The van der Waals surface area contributed by atoms with E-state index in [2.05, 4.69) is 32.4 Å². The molecule has 0 saturated carbocycles. The topological polar surface area (TPSA) is 63.6 Å². The number of carboxylic acid groups (broad SMARTS) is 1. The molecule has 0 amide bonds. The van der Waals surface area contributed by atoms with Crippen LogP contribution in [0, 0.1) is 0 Å². The van der Waals surface area contributed by atoms with E-state index in [1.54, 1.807) is 6.07 Å². The van der Waals surface area contributed by atoms with Gasteiger partial charge in [-0.1, -0.05) is 45.9 Å². The molecule has 1 N–H and O–H groups in total. The lowest BCUT2D eigenvalue weighted by Gasteiger charge is -2.42. The Morgan fingerprint density at radius 2 is 1.64 bits per heavy atom. The summed E-state index contributed by atoms with van der Waals surface area (Å²) in [7, 11) is 1.21. The highest BCUT2D eigenvalue weighted by Crippen LogP contribution is 2.46. The van der Waals surface area contributed by atoms with Crippen molar-refractivity contribution in [3.63, 3.8) is 0 Å². The SMILES string of the molecule is COC(=O)C(C(=O)O)c1ccc2c(c1)C(C)(C)CCC2(C)C. The maximum Gasteiger partial charge on any atom is 0.324 e. The summed E-state index contributed by atoms with van der Waals surface area (Å²) >= 11 is 0. The number of benzene rings is 1. The van der Waals surface area contributed by atoms with Gasteiger partial charge in [-0.25, -0.2) is 0 Å². The van der Waals surface area contributed by atoms with Gasteiger partial charge in [0.2, 0.25) is 0 Å². The van der Waals surface area contributed by atoms with Crippen molar-refractivity contribution in [1.82, 2.24) is 0 Å². The average molecular weight is 304 g/mol. The molecule has 1 aliphatic carbocycles. The van der Waals surface area contributed by atoms with Crippen LogP contribution in [0.5, 0.6) is 0 Å². The second-order valence-corrected chi connectivity index (χ2v) is 7.37. The number of fused-ring (bicyclic) bond motifs is 1. The largest absolute Gasteiger partial charge is 0.480 e. The number of ether oxygens (including phenoxy) is 1. The fourth-order valence-corrected chi connectivity index (χ4v) is 3.28. The molecule has 22 heavy (non-hydrogen) atoms. The summed E-state index contributed by atoms with van der Waals surface area (Å²) in [6.45, 7) is 8.74. The van der Waals surface area contributed by atoms with E-state index in [0.717, 1.165) is 18.4 Å². The van der Waals surface area contributed by atoms with Crippen molar-refractivity contribution < 1.29 is 19.4 Å². The zero-order valence-corrected chi connectivity index (χ0v) is 13.9. The predicted molar refractivity (Wildman–Crippen MR) is 84.1 cm³/mol. The Hall–Kier alpha value is -1.84. The van der Waals surface area contributed by atoms with Gasteiger partial charge >= 0.3 is 11.9 Å². The fourth-order valence-electron chi connectivity index (χ4n) is 3.28. The van der Waals surface area contributed by atoms with Crippen LogP contribution in [0.15, 0.2) is 18.2 Å². The first-order valence-electron chi connectivity index (χ1n) is 7.56. The van der Waals surface area contributed by atoms with Gasteiger partial charge in [0.25, 0.3) is 0 Å². The Kier molecular flexibility index (Phi) is 4.07. The maximum absolute atomic E-state index is 11.8. The highest BCUT2D eigenvalue weighted by molar-refractivity contribution is 5.99. The zero-order valence-electron chi connectivity index (χ0n) is 13.9. The summed E-state index contributed by atoms with van der Waals surface area (Å²) in [5.41, 5.74) is 2.90. The minimum atomic E-state index is -1.27. The minimum absolute atomic E-state index is 0.0277. The van der Waals surface area contributed by atoms with Gasteiger partial charge in [-0.3, -0.25) is 9.59 Å². The number of esters is 1. The van der Waals surface area contributed by atoms with Crippen LogP contribution in [0.1, 0.15) is 63.1 Å². The molecule has 0 spiro atoms. The number of hydrogen-bond donors (Lipinski definition) is 1. The third kappa shape index (κ3) is 2.74. The van der Waals surface area contributed by atoms with Crippen LogP contribution < -0.4 is 0 Å². The van der Waals surface area contributed by atoms with E-state index in [-0.39, 0.29) is 10.8 Å². The lowest BCUT2D eigenvalue weighted by Crippen LogP contribution is -2.34. The van der Waals surface area contributed by atoms with Gasteiger partial charge in [0.1, 0.15) is 0 Å². The highest BCUT2D eigenvalue weighted by atomic mass is 16.5. The summed E-state index contributed by atoms with van der Waals surface area (Å²) < 4.78 is 4.65. The summed E-state index contributed by atoms with van der Waals surface area (Å²) in [5, 5.41) is 9.36. The fraction of sp³-hybridized carbons (Fsp3) is 0.556. The third-order valence-electron chi connectivity index (χ3n) is 4.89. The van der Waals surface area contributed by atoms with Crippen molar-refractivity contribution in [2.24, 2.45) is 0 Å². The summed E-state index contributed by atoms with van der Waals surface area (Å²) in [6.07, 6.45) is 2.12. The summed E-state index contributed by atoms with van der Waals surface area (Å²) in [5.74, 6) is -3.18. The van der Waals surface area contributed by atoms with E-state index >= 15 is 0 Å². The Morgan fingerprint density at radius 3 is 2.14 bits per heavy atom. The number of carbonyl (C=O) groups excluding carboxylic acids is 1. The van der Waals surface area contributed by atoms with Crippen molar-refractivity contribution in [3.8, 4) is 0 Å². The predicted octanol–water partition coefficient (Wildman–Crippen LogP) is 3.38. The van der Waals surface area contributed by atoms with Gasteiger partial charge in [-0.15, -0.1) is 0 Å². The summed E-state index contributed by atoms with van der Waals surface area (Å²) in [4.78, 5) is 23.3. The third-order valence-corrected chi connectivity index (χ3v) is 4.89. The molecule has 1 atom stereocenters. The monoisotopic (exact) mass is 304 g/mol. The van der Waals surface area contributed by atoms with Gasteiger partial charge in [0.15, 0.2) is 5.92 Å². The molecule has 4 nitrogen and oxygen atoms in total. The Bertz CT molecular complexity index is 614. The molecular formula is C18H24O4. The van der Waals surface area contributed by atoms with Crippen LogP contribution in [-0.2, 0) is 25.2 Å². The quantitative estimate of drug-likeness (QED) is 0.687. The number of hydrogen-bond acceptors (Lipinski definition) is 3. The van der Waals surface area contributed by atoms with Crippen molar-refractivity contribution >= 4 is 11.9 Å². The molecule has 120 valence electrons. The lowest BCUT2D eigenvalue weighted by atomic mass is 9.62. The van der Waals surface area contributed by atoms with E-state index < -0.39 is 17.9 Å². The minimum Gasteiger partial charge on any atom is -0.480 e. The van der Waals surface area contributed by atoms with Crippen LogP contribution in [0.3, 0.4) is 0 Å². The molecule has 1 aromatic carbocycles. The van der Waals surface area contributed by atoms with Gasteiger partial charge in [-0.05, 0) is 40.4 Å². The van der Waals surface area contributed by atoms with Crippen LogP contribution in [0.4, 0.5) is 0 Å². The van der Waals surface area contributed by atoms with Gasteiger partial charge in [0, 0.05) is 0 Å². The first-order chi connectivity index (χ1) is 10.1. The van der Waals surface area contributed by atoms with Crippen molar-refractivity contribution in [1.29, 1.82) is 0 Å². The zero-order chi connectivity index (χ0) is 16.7. The molecule has 0 heterocycles. The lowest BCUT2D eigenvalue weighted by molar-refractivity contribution is -0.152. The van der Waals surface area contributed by atoms with Gasteiger partial charge in [0.05, 0.1) is 7.11 Å². The number of aliphatic carboxylic acids is 1. The molecule has 0 fully saturated rings. The van der Waals surface area contributed by atoms with Crippen molar-refractivity contribution in [2.75, 3.05) is 7.11 Å². The molecular weight excluding hydrogens is 280 g/mol. The van der Waals surface area contributed by atoms with E-state index in [9.17, 15) is 14.7 Å². The smallest absolute Gasteiger partial charge is 0.324 e. The van der Waals surface area contributed by atoms with Gasteiger partial charge in [-0.2, -0.15) is 0 Å². The van der Waals surface area contributed by atoms with E-state index in [1.807, 2.05) is 12.1 Å². The molecule has 0 aromatic heterocycles. The van der Waals surface area contributed by atoms with Crippen molar-refractivity contribution in [2.45, 2.75) is 57.3 Å². The summed E-state index contributed by atoms with van der Waals surface area (Å²) in [6, 6.07) is 5.61. The molecule has 0 bridgehead atoms. The molecule has 0 aliphatic heterocycles. The van der Waals surface area contributed by atoms with E-state index in [0.29, 0.717) is 5.56 Å². The number of carbonyl (C=O) groups is 2. The van der Waals surface area contributed by atoms with Crippen LogP contribution in [0.2, 0.25) is 0 Å². The Balaban J connectivity index is 2.59. The standard InChI is InChI=1S/C18H24O4/c1-17(2)8-9-18(3,4)13-10-11(6-7-12(13)17)14(15(19)20)16(21)22-5/h6-7,10,14H,8-9H2,1-5H3,(H,19,20). The van der Waals surface area contributed by atoms with Crippen molar-refractivity contribution in [3.05, 3.63) is 34.9 Å². The van der Waals surface area contributed by atoms with E-state index in [1.165, 1.54) is 12.7 Å². The molecule has 4 heteroatoms. The van der Waals surface area contributed by atoms with E-state index in [4.69, 9.17) is 0 Å². The molecule has 1 aromatic rings. The second kappa shape index (κ2) is 5.41. The molecule has 2 rings (SSSR count). The van der Waals surface area contributed by atoms with Crippen LogP contribution in [0.25, 0.3) is 0 Å². The number of carboxylic acids is 1. The maximum atomic E-state index is 11.8. The van der Waals surface area contributed by atoms with Gasteiger partial charge < -0.3 is 9.84 Å². The first-order valence-corrected chi connectivity index (χ1v) is 7.56. The molecule has 0 saturated heterocycles. The highest BCUT2D eigenvalue weighted by Gasteiger charge is 2.38. The second-order valence-electron chi connectivity index (χ2n) is 7.37. The molecule has 1 unspecified atom stereocenters.